The number of hydrogen-bond donors (Lipinski definition) is 0. The van der Waals surface area contributed by atoms with Crippen LogP contribution in [0.3, 0.4) is 0 Å². The third-order valence-electron chi connectivity index (χ3n) is 3.31. The molecule has 0 saturated heterocycles. The summed E-state index contributed by atoms with van der Waals surface area (Å²) in [6.45, 7) is 2.97. The van der Waals surface area contributed by atoms with Crippen molar-refractivity contribution in [2.45, 2.75) is 19.3 Å². The Morgan fingerprint density at radius 1 is 1.05 bits per heavy atom. The molecule has 1 nitrogen and oxygen atoms in total. The number of hydrogen-bond acceptors (Lipinski definition) is 1. The van der Waals surface area contributed by atoms with Crippen molar-refractivity contribution in [1.29, 1.82) is 0 Å². The first-order chi connectivity index (χ1) is 9.13. The van der Waals surface area contributed by atoms with Crippen molar-refractivity contribution in [3.05, 3.63) is 64.2 Å². The van der Waals surface area contributed by atoms with Gasteiger partial charge in [-0.2, -0.15) is 0 Å². The molecule has 2 aromatic rings. The van der Waals surface area contributed by atoms with Gasteiger partial charge in [0.1, 0.15) is 0 Å². The average Bonchev–Trinajstić information content (AvgIpc) is 2.41. The van der Waals surface area contributed by atoms with Crippen LogP contribution in [0.15, 0.2) is 42.5 Å². The predicted molar refractivity (Wildman–Crippen MR) is 84.3 cm³/mol. The smallest absolute Gasteiger partial charge is 0.0509 e. The zero-order chi connectivity index (χ0) is 13.8. The van der Waals surface area contributed by atoms with Crippen LogP contribution in [0.1, 0.15) is 16.7 Å². The van der Waals surface area contributed by atoms with Crippen LogP contribution in [0.25, 0.3) is 0 Å². The van der Waals surface area contributed by atoms with Crippen LogP contribution >= 0.6 is 23.2 Å². The highest BCUT2D eigenvalue weighted by atomic mass is 35.5. The second-order valence-electron chi connectivity index (χ2n) is 4.65. The van der Waals surface area contributed by atoms with E-state index in [0.29, 0.717) is 5.88 Å². The van der Waals surface area contributed by atoms with Gasteiger partial charge in [0.25, 0.3) is 0 Å². The molecule has 0 fully saturated rings. The second-order valence-corrected chi connectivity index (χ2v) is 5.33. The number of aryl methyl sites for hydroxylation is 1. The third kappa shape index (κ3) is 3.23. The van der Waals surface area contributed by atoms with Crippen LogP contribution in [0.2, 0.25) is 5.02 Å². The van der Waals surface area contributed by atoms with E-state index in [4.69, 9.17) is 23.2 Å². The van der Waals surface area contributed by atoms with Gasteiger partial charge in [-0.3, -0.25) is 0 Å². The summed E-state index contributed by atoms with van der Waals surface area (Å²) in [5.41, 5.74) is 4.68. The van der Waals surface area contributed by atoms with Crippen LogP contribution in [0.4, 0.5) is 5.69 Å². The van der Waals surface area contributed by atoms with Gasteiger partial charge < -0.3 is 4.90 Å². The Morgan fingerprint density at radius 2 is 1.79 bits per heavy atom. The summed E-state index contributed by atoms with van der Waals surface area (Å²) in [4.78, 5) is 2.19. The maximum Gasteiger partial charge on any atom is 0.0509 e. The molecule has 0 N–H and O–H groups in total. The Bertz CT molecular complexity index is 566. The number of rotatable bonds is 4. The van der Waals surface area contributed by atoms with Gasteiger partial charge in [0.2, 0.25) is 0 Å². The van der Waals surface area contributed by atoms with Gasteiger partial charge in [-0.05, 0) is 30.2 Å². The minimum atomic E-state index is 0.424. The van der Waals surface area contributed by atoms with Crippen molar-refractivity contribution in [3.8, 4) is 0 Å². The molecule has 3 heteroatoms. The van der Waals surface area contributed by atoms with E-state index in [1.165, 1.54) is 11.1 Å². The van der Waals surface area contributed by atoms with Gasteiger partial charge in [0.15, 0.2) is 0 Å². The monoisotopic (exact) mass is 293 g/mol. The lowest BCUT2D eigenvalue weighted by molar-refractivity contribution is 0.908. The number of nitrogens with zero attached hydrogens (tertiary/aromatic N) is 1. The van der Waals surface area contributed by atoms with Gasteiger partial charge in [0, 0.05) is 29.9 Å². The Hall–Kier alpha value is -1.18. The quantitative estimate of drug-likeness (QED) is 0.715. The lowest BCUT2D eigenvalue weighted by Gasteiger charge is -2.23. The lowest BCUT2D eigenvalue weighted by Crippen LogP contribution is -2.18. The highest BCUT2D eigenvalue weighted by Gasteiger charge is 2.11. The molecule has 0 saturated carbocycles. The summed E-state index contributed by atoms with van der Waals surface area (Å²) in [7, 11) is 2.06. The number of halogens is 2. The Balaban J connectivity index is 2.28. The normalized spacial score (nSPS) is 10.5. The highest BCUT2D eigenvalue weighted by molar-refractivity contribution is 6.32. The minimum Gasteiger partial charge on any atom is -0.370 e. The molecule has 2 aromatic carbocycles. The molecule has 0 atom stereocenters. The first-order valence-electron chi connectivity index (χ1n) is 6.22. The maximum atomic E-state index is 6.20. The largest absolute Gasteiger partial charge is 0.370 e. The van der Waals surface area contributed by atoms with Gasteiger partial charge in [-0.1, -0.05) is 41.9 Å². The van der Waals surface area contributed by atoms with Crippen LogP contribution in [-0.2, 0) is 12.4 Å². The number of alkyl halides is 1. The molecule has 100 valence electrons. The van der Waals surface area contributed by atoms with Crippen LogP contribution in [0.5, 0.6) is 0 Å². The SMILES string of the molecule is Cc1ccccc1CN(C)c1cccc(Cl)c1CCl. The topological polar surface area (TPSA) is 3.24 Å². The standard InChI is InChI=1S/C16H17Cl2N/c1-12-6-3-4-7-13(12)11-19(2)16-9-5-8-15(18)14(16)10-17/h3-9H,10-11H2,1-2H3. The summed E-state index contributed by atoms with van der Waals surface area (Å²) in [5, 5.41) is 0.726. The van der Waals surface area contributed by atoms with Crippen LogP contribution in [0, 0.1) is 6.92 Å². The van der Waals surface area contributed by atoms with Crippen molar-refractivity contribution in [1.82, 2.24) is 0 Å². The lowest BCUT2D eigenvalue weighted by atomic mass is 10.1. The van der Waals surface area contributed by atoms with E-state index in [1.807, 2.05) is 12.1 Å². The number of anilines is 1. The fourth-order valence-corrected chi connectivity index (χ4v) is 2.75. The molecular formula is C16H17Cl2N. The molecule has 0 unspecified atom stereocenters. The Kier molecular flexibility index (Phi) is 4.73. The molecule has 0 aliphatic rings. The maximum absolute atomic E-state index is 6.20. The summed E-state index contributed by atoms with van der Waals surface area (Å²) in [6, 6.07) is 14.3. The van der Waals surface area contributed by atoms with Crippen LogP contribution in [-0.4, -0.2) is 7.05 Å². The van der Waals surface area contributed by atoms with Crippen molar-refractivity contribution < 1.29 is 0 Å². The Morgan fingerprint density at radius 3 is 2.47 bits per heavy atom. The first kappa shape index (κ1) is 14.2. The molecule has 0 bridgehead atoms. The molecule has 0 aliphatic carbocycles. The third-order valence-corrected chi connectivity index (χ3v) is 3.93. The van der Waals surface area contributed by atoms with Crippen molar-refractivity contribution in [2.24, 2.45) is 0 Å². The molecule has 2 rings (SSSR count). The predicted octanol–water partition coefficient (Wildman–Crippen LogP) is 5.02. The van der Waals surface area contributed by atoms with E-state index in [2.05, 4.69) is 49.2 Å². The molecule has 0 amide bonds. The molecular weight excluding hydrogens is 277 g/mol. The van der Waals surface area contributed by atoms with Gasteiger partial charge in [0.05, 0.1) is 5.88 Å². The fourth-order valence-electron chi connectivity index (χ4n) is 2.17. The van der Waals surface area contributed by atoms with E-state index in [9.17, 15) is 0 Å². The molecule has 0 spiro atoms. The van der Waals surface area contributed by atoms with Gasteiger partial charge in [-0.25, -0.2) is 0 Å². The first-order valence-corrected chi connectivity index (χ1v) is 7.13. The Labute approximate surface area is 124 Å². The summed E-state index contributed by atoms with van der Waals surface area (Å²) >= 11 is 12.2. The summed E-state index contributed by atoms with van der Waals surface area (Å²) in [5.74, 6) is 0.424. The molecule has 19 heavy (non-hydrogen) atoms. The second kappa shape index (κ2) is 6.31. The van der Waals surface area contributed by atoms with Crippen LogP contribution < -0.4 is 4.90 Å². The molecule has 0 heterocycles. The molecule has 0 aromatic heterocycles. The van der Waals surface area contributed by atoms with E-state index < -0.39 is 0 Å². The molecule has 0 radical (unpaired) electrons. The minimum absolute atomic E-state index is 0.424. The zero-order valence-electron chi connectivity index (χ0n) is 11.2. The number of benzene rings is 2. The summed E-state index contributed by atoms with van der Waals surface area (Å²) < 4.78 is 0. The fraction of sp³-hybridized carbons (Fsp3) is 0.250. The van der Waals surface area contributed by atoms with E-state index >= 15 is 0 Å². The van der Waals surface area contributed by atoms with Gasteiger partial charge >= 0.3 is 0 Å². The highest BCUT2D eigenvalue weighted by Crippen LogP contribution is 2.29. The van der Waals surface area contributed by atoms with Crippen molar-refractivity contribution in [3.63, 3.8) is 0 Å². The van der Waals surface area contributed by atoms with E-state index in [1.54, 1.807) is 0 Å². The zero-order valence-corrected chi connectivity index (χ0v) is 12.7. The average molecular weight is 294 g/mol. The van der Waals surface area contributed by atoms with Crippen molar-refractivity contribution >= 4 is 28.9 Å². The van der Waals surface area contributed by atoms with Gasteiger partial charge in [-0.15, -0.1) is 11.6 Å². The van der Waals surface area contributed by atoms with E-state index in [0.717, 1.165) is 22.8 Å². The molecule has 0 aliphatic heterocycles. The van der Waals surface area contributed by atoms with Crippen molar-refractivity contribution in [2.75, 3.05) is 11.9 Å². The summed E-state index contributed by atoms with van der Waals surface area (Å²) in [6.07, 6.45) is 0. The van der Waals surface area contributed by atoms with E-state index in [-0.39, 0.29) is 0 Å².